The molecule has 0 spiro atoms. The predicted molar refractivity (Wildman–Crippen MR) is 86.3 cm³/mol. The minimum atomic E-state index is -4.30. The van der Waals surface area contributed by atoms with Gasteiger partial charge in [-0.2, -0.15) is 5.26 Å². The fraction of sp³-hybridized carbons (Fsp3) is 0.214. The van der Waals surface area contributed by atoms with Crippen LogP contribution in [0.2, 0.25) is 0 Å². The molecule has 0 saturated heterocycles. The Morgan fingerprint density at radius 2 is 1.65 bits per heavy atom. The first-order valence-corrected chi connectivity index (χ1v) is 9.98. The van der Waals surface area contributed by atoms with Crippen molar-refractivity contribution < 1.29 is 16.8 Å². The van der Waals surface area contributed by atoms with Crippen LogP contribution in [0.25, 0.3) is 11.3 Å². The second kappa shape index (κ2) is 5.81. The number of rotatable bonds is 4. The van der Waals surface area contributed by atoms with Crippen molar-refractivity contribution in [2.75, 3.05) is 6.26 Å². The zero-order chi connectivity index (χ0) is 17.4. The molecule has 23 heavy (non-hydrogen) atoms. The molecule has 0 aliphatic heterocycles. The van der Waals surface area contributed by atoms with Gasteiger partial charge in [-0.1, -0.05) is 24.3 Å². The van der Waals surface area contributed by atoms with Gasteiger partial charge >= 0.3 is 0 Å². The number of aromatic nitrogens is 1. The summed E-state index contributed by atoms with van der Waals surface area (Å²) in [7, 11) is -6.49. The van der Waals surface area contributed by atoms with Crippen molar-refractivity contribution in [3.8, 4) is 17.3 Å². The summed E-state index contributed by atoms with van der Waals surface area (Å²) >= 11 is 0. The third-order valence-corrected chi connectivity index (χ3v) is 7.17. The first kappa shape index (κ1) is 17.2. The van der Waals surface area contributed by atoms with E-state index >= 15 is 0 Å². The molecule has 1 atom stereocenters. The maximum atomic E-state index is 11.7. The predicted octanol–water partition coefficient (Wildman–Crippen LogP) is 0.895. The van der Waals surface area contributed by atoms with Crippen molar-refractivity contribution >= 4 is 19.9 Å². The lowest BCUT2D eigenvalue weighted by atomic mass is 10.1. The third-order valence-electron chi connectivity index (χ3n) is 3.40. The molecule has 7 nitrogen and oxygen atoms in total. The van der Waals surface area contributed by atoms with Crippen LogP contribution in [0.5, 0.6) is 0 Å². The Balaban J connectivity index is 2.51. The van der Waals surface area contributed by atoms with E-state index in [1.807, 2.05) is 6.07 Å². The van der Waals surface area contributed by atoms with Crippen LogP contribution in [0, 0.1) is 11.3 Å². The van der Waals surface area contributed by atoms with Crippen molar-refractivity contribution in [2.45, 2.75) is 4.58 Å². The number of benzene rings is 1. The van der Waals surface area contributed by atoms with Gasteiger partial charge in [-0.25, -0.2) is 22.0 Å². The van der Waals surface area contributed by atoms with E-state index in [2.05, 4.69) is 0 Å². The SMILES string of the molecule is Cn1c(C#N)ccc1-c1ccc(C(S(C)(=O)=O)S(N)(=O)=O)cc1. The van der Waals surface area contributed by atoms with Crippen LogP contribution in [-0.4, -0.2) is 27.7 Å². The monoisotopic (exact) mass is 353 g/mol. The molecular weight excluding hydrogens is 338 g/mol. The van der Waals surface area contributed by atoms with Crippen molar-refractivity contribution in [1.82, 2.24) is 4.57 Å². The van der Waals surface area contributed by atoms with Crippen LogP contribution in [0.1, 0.15) is 15.8 Å². The van der Waals surface area contributed by atoms with Gasteiger partial charge in [-0.3, -0.25) is 0 Å². The Labute approximate surface area is 134 Å². The molecule has 9 heteroatoms. The van der Waals surface area contributed by atoms with Crippen molar-refractivity contribution in [2.24, 2.45) is 12.2 Å². The Morgan fingerprint density at radius 3 is 2.04 bits per heavy atom. The molecule has 0 radical (unpaired) electrons. The lowest BCUT2D eigenvalue weighted by Gasteiger charge is -2.14. The summed E-state index contributed by atoms with van der Waals surface area (Å²) in [5, 5.41) is 14.0. The molecular formula is C14H15N3O4S2. The fourth-order valence-electron chi connectivity index (χ4n) is 2.40. The van der Waals surface area contributed by atoms with Crippen molar-refractivity contribution in [3.05, 3.63) is 47.7 Å². The maximum absolute atomic E-state index is 11.7. The molecule has 0 bridgehead atoms. The summed E-state index contributed by atoms with van der Waals surface area (Å²) < 4.78 is 46.5. The lowest BCUT2D eigenvalue weighted by molar-refractivity contribution is 0.581. The Morgan fingerprint density at radius 1 is 1.09 bits per heavy atom. The van der Waals surface area contributed by atoms with Gasteiger partial charge in [0.15, 0.2) is 9.84 Å². The minimum absolute atomic E-state index is 0.0773. The molecule has 0 amide bonds. The van der Waals surface area contributed by atoms with Gasteiger partial charge in [-0.15, -0.1) is 0 Å². The number of primary sulfonamides is 1. The van der Waals surface area contributed by atoms with Crippen LogP contribution in [0.15, 0.2) is 36.4 Å². The van der Waals surface area contributed by atoms with Gasteiger partial charge in [0, 0.05) is 19.0 Å². The number of nitriles is 1. The molecule has 1 aromatic heterocycles. The zero-order valence-corrected chi connectivity index (χ0v) is 14.1. The molecule has 122 valence electrons. The highest BCUT2D eigenvalue weighted by Crippen LogP contribution is 2.29. The van der Waals surface area contributed by atoms with E-state index in [1.54, 1.807) is 35.9 Å². The van der Waals surface area contributed by atoms with Crippen LogP contribution in [0.3, 0.4) is 0 Å². The summed E-state index contributed by atoms with van der Waals surface area (Å²) in [6, 6.07) is 11.5. The van der Waals surface area contributed by atoms with Crippen LogP contribution in [-0.2, 0) is 26.9 Å². The molecule has 2 rings (SSSR count). The first-order chi connectivity index (χ1) is 10.6. The molecule has 0 aliphatic rings. The zero-order valence-electron chi connectivity index (χ0n) is 12.5. The number of sulfonamides is 1. The van der Waals surface area contributed by atoms with Gasteiger partial charge in [0.2, 0.25) is 14.6 Å². The molecule has 1 aromatic carbocycles. The Bertz CT molecular complexity index is 950. The average molecular weight is 353 g/mol. The van der Waals surface area contributed by atoms with E-state index in [-0.39, 0.29) is 5.56 Å². The topological polar surface area (TPSA) is 123 Å². The van der Waals surface area contributed by atoms with Gasteiger partial charge in [0.05, 0.1) is 0 Å². The van der Waals surface area contributed by atoms with Gasteiger partial charge in [0.25, 0.3) is 0 Å². The lowest BCUT2D eigenvalue weighted by Crippen LogP contribution is -2.27. The summed E-state index contributed by atoms with van der Waals surface area (Å²) in [6.07, 6.45) is 0.826. The minimum Gasteiger partial charge on any atom is -0.335 e. The van der Waals surface area contributed by atoms with Crippen LogP contribution in [0.4, 0.5) is 0 Å². The normalized spacial score (nSPS) is 13.5. The number of hydrogen-bond acceptors (Lipinski definition) is 5. The molecule has 2 aromatic rings. The Kier molecular flexibility index (Phi) is 4.34. The van der Waals surface area contributed by atoms with Gasteiger partial charge in [0.1, 0.15) is 11.8 Å². The van der Waals surface area contributed by atoms with Crippen molar-refractivity contribution in [1.29, 1.82) is 5.26 Å². The molecule has 2 N–H and O–H groups in total. The maximum Gasteiger partial charge on any atom is 0.230 e. The third kappa shape index (κ3) is 3.44. The van der Waals surface area contributed by atoms with E-state index in [0.717, 1.165) is 17.5 Å². The summed E-state index contributed by atoms with van der Waals surface area (Å²) in [4.78, 5) is 0. The smallest absolute Gasteiger partial charge is 0.230 e. The second-order valence-corrected chi connectivity index (χ2v) is 9.23. The number of nitrogens with two attached hydrogens (primary N) is 1. The van der Waals surface area contributed by atoms with E-state index in [1.165, 1.54) is 12.1 Å². The van der Waals surface area contributed by atoms with E-state index < -0.39 is 24.4 Å². The number of sulfone groups is 1. The van der Waals surface area contributed by atoms with Crippen molar-refractivity contribution in [3.63, 3.8) is 0 Å². The van der Waals surface area contributed by atoms with E-state index in [9.17, 15) is 16.8 Å². The highest BCUT2D eigenvalue weighted by molar-refractivity contribution is 8.07. The standard InChI is InChI=1S/C14H15N3O4S2/c1-17-12(9-15)7-8-13(17)10-3-5-11(6-4-10)14(22(2,18)19)23(16,20)21/h3-8,14H,1-2H3,(H2,16,20,21). The fourth-order valence-corrected chi connectivity index (χ4v) is 5.54. The molecule has 1 heterocycles. The largest absolute Gasteiger partial charge is 0.335 e. The molecule has 0 saturated carbocycles. The molecule has 1 unspecified atom stereocenters. The quantitative estimate of drug-likeness (QED) is 0.874. The molecule has 0 aliphatic carbocycles. The number of nitrogens with zero attached hydrogens (tertiary/aromatic N) is 2. The van der Waals surface area contributed by atoms with E-state index in [4.69, 9.17) is 10.4 Å². The van der Waals surface area contributed by atoms with Gasteiger partial charge in [-0.05, 0) is 23.3 Å². The summed E-state index contributed by atoms with van der Waals surface area (Å²) in [5.41, 5.74) is 2.02. The van der Waals surface area contributed by atoms with Crippen LogP contribution >= 0.6 is 0 Å². The summed E-state index contributed by atoms with van der Waals surface area (Å²) in [5.74, 6) is 0. The van der Waals surface area contributed by atoms with E-state index in [0.29, 0.717) is 5.69 Å². The summed E-state index contributed by atoms with van der Waals surface area (Å²) in [6.45, 7) is 0. The second-order valence-electron chi connectivity index (χ2n) is 5.15. The highest BCUT2D eigenvalue weighted by Gasteiger charge is 2.33. The highest BCUT2D eigenvalue weighted by atomic mass is 32.3. The van der Waals surface area contributed by atoms with Crippen LogP contribution < -0.4 is 5.14 Å². The molecule has 0 fully saturated rings. The first-order valence-electron chi connectivity index (χ1n) is 6.42. The average Bonchev–Trinajstić information content (AvgIpc) is 2.77. The Hall–Kier alpha value is -2.15. The van der Waals surface area contributed by atoms with Gasteiger partial charge < -0.3 is 4.57 Å². The number of hydrogen-bond donors (Lipinski definition) is 1.